The molecule has 3 N–H and O–H groups in total. The fourth-order valence-corrected chi connectivity index (χ4v) is 3.55. The topological polar surface area (TPSA) is 91.8 Å². The molecule has 7 nitrogen and oxygen atoms in total. The Morgan fingerprint density at radius 1 is 1.21 bits per heavy atom. The van der Waals surface area contributed by atoms with Crippen LogP contribution in [0.15, 0.2) is 46.8 Å². The van der Waals surface area contributed by atoms with Gasteiger partial charge in [-0.1, -0.05) is 11.6 Å². The predicted octanol–water partition coefficient (Wildman–Crippen LogP) is 5.04. The second kappa shape index (κ2) is 11.7. The number of nitrogens with zero attached hydrogens (tertiary/aromatic N) is 1. The Morgan fingerprint density at radius 2 is 1.88 bits per heavy atom. The number of ether oxygens (including phenoxy) is 1. The van der Waals surface area contributed by atoms with Crippen molar-refractivity contribution in [2.24, 2.45) is 4.99 Å². The standard InChI is InChI=1S/C22H26ClF3N4O3/c1-13(4-11-19(27-2)20(31)28-3)33-16-8-5-14(6-9-16)29-21(32)30-15-7-10-18(23)17(12-15)22(24,25)26/h4,7,10-12,14,16H,2,5-6,8-9H2,1,3H3,(H,28,31)(H2,29,30,32)/b13-4+,19-11-. The van der Waals surface area contributed by atoms with Crippen molar-refractivity contribution in [1.82, 2.24) is 10.6 Å². The maximum atomic E-state index is 13.0. The Labute approximate surface area is 195 Å². The first-order valence-electron chi connectivity index (χ1n) is 10.2. The quantitative estimate of drug-likeness (QED) is 0.218. The number of hydrogen-bond donors (Lipinski definition) is 3. The molecule has 0 bridgehead atoms. The summed E-state index contributed by atoms with van der Waals surface area (Å²) in [5, 5.41) is 7.22. The number of nitrogens with one attached hydrogen (secondary N) is 3. The molecule has 180 valence electrons. The molecule has 2 rings (SSSR count). The number of aliphatic imine (C=N–C) groups is 1. The zero-order chi connectivity index (χ0) is 24.6. The molecule has 1 aliphatic carbocycles. The molecule has 0 unspecified atom stereocenters. The van der Waals surface area contributed by atoms with E-state index in [1.807, 2.05) is 0 Å². The second-order valence-corrected chi connectivity index (χ2v) is 7.86. The van der Waals surface area contributed by atoms with Crippen LogP contribution in [0.2, 0.25) is 5.02 Å². The highest BCUT2D eigenvalue weighted by Crippen LogP contribution is 2.36. The normalized spacial score (nSPS) is 19.5. The van der Waals surface area contributed by atoms with E-state index in [-0.39, 0.29) is 29.4 Å². The van der Waals surface area contributed by atoms with Crippen LogP contribution in [0.4, 0.5) is 23.7 Å². The van der Waals surface area contributed by atoms with E-state index in [9.17, 15) is 22.8 Å². The zero-order valence-corrected chi connectivity index (χ0v) is 19.0. The molecule has 0 heterocycles. The van der Waals surface area contributed by atoms with Crippen molar-refractivity contribution in [2.45, 2.75) is 50.9 Å². The molecule has 11 heteroatoms. The summed E-state index contributed by atoms with van der Waals surface area (Å²) < 4.78 is 44.8. The van der Waals surface area contributed by atoms with E-state index >= 15 is 0 Å². The van der Waals surface area contributed by atoms with Crippen LogP contribution in [0.3, 0.4) is 0 Å². The molecule has 0 spiro atoms. The van der Waals surface area contributed by atoms with E-state index in [2.05, 4.69) is 27.7 Å². The lowest BCUT2D eigenvalue weighted by molar-refractivity contribution is -0.137. The van der Waals surface area contributed by atoms with Crippen LogP contribution in [0.25, 0.3) is 0 Å². The summed E-state index contributed by atoms with van der Waals surface area (Å²) in [6, 6.07) is 2.48. The van der Waals surface area contributed by atoms with E-state index in [1.54, 1.807) is 13.0 Å². The summed E-state index contributed by atoms with van der Waals surface area (Å²) in [6.07, 6.45) is 1.14. The Kier molecular flexibility index (Phi) is 9.33. The van der Waals surface area contributed by atoms with Crippen LogP contribution in [-0.2, 0) is 15.7 Å². The van der Waals surface area contributed by atoms with Crippen molar-refractivity contribution in [2.75, 3.05) is 12.4 Å². The van der Waals surface area contributed by atoms with Gasteiger partial charge in [-0.3, -0.25) is 9.79 Å². The van der Waals surface area contributed by atoms with Gasteiger partial charge in [0.25, 0.3) is 5.91 Å². The molecule has 33 heavy (non-hydrogen) atoms. The van der Waals surface area contributed by atoms with Gasteiger partial charge in [-0.15, -0.1) is 0 Å². The number of alkyl halides is 3. The highest BCUT2D eigenvalue weighted by molar-refractivity contribution is 6.31. The van der Waals surface area contributed by atoms with Gasteiger partial charge >= 0.3 is 12.2 Å². The van der Waals surface area contributed by atoms with Gasteiger partial charge in [0.1, 0.15) is 5.70 Å². The highest BCUT2D eigenvalue weighted by atomic mass is 35.5. The average molecular weight is 487 g/mol. The fraction of sp³-hybridized carbons (Fsp3) is 0.409. The Balaban J connectivity index is 1.84. The number of hydrogen-bond acceptors (Lipinski definition) is 4. The summed E-state index contributed by atoms with van der Waals surface area (Å²) >= 11 is 5.59. The van der Waals surface area contributed by atoms with Crippen molar-refractivity contribution in [3.63, 3.8) is 0 Å². The monoisotopic (exact) mass is 486 g/mol. The van der Waals surface area contributed by atoms with Crippen LogP contribution >= 0.6 is 11.6 Å². The Bertz CT molecular complexity index is 939. The van der Waals surface area contributed by atoms with Gasteiger partial charge < -0.3 is 20.7 Å². The number of anilines is 1. The smallest absolute Gasteiger partial charge is 0.417 e. The van der Waals surface area contributed by atoms with Crippen molar-refractivity contribution >= 4 is 35.9 Å². The number of rotatable bonds is 7. The van der Waals surface area contributed by atoms with Crippen molar-refractivity contribution in [3.8, 4) is 0 Å². The number of carbonyl (C=O) groups excluding carboxylic acids is 2. The SMILES string of the molecule is C=N/C(=C\C=C(/C)OC1CCC(NC(=O)Nc2ccc(Cl)c(C(F)(F)F)c2)CC1)C(=O)NC. The molecule has 0 atom stereocenters. The first-order valence-corrected chi connectivity index (χ1v) is 10.6. The highest BCUT2D eigenvalue weighted by Gasteiger charge is 2.33. The van der Waals surface area contributed by atoms with Crippen LogP contribution in [0.1, 0.15) is 38.2 Å². The van der Waals surface area contributed by atoms with Crippen LogP contribution in [0.5, 0.6) is 0 Å². The minimum absolute atomic E-state index is 0.000184. The Morgan fingerprint density at radius 3 is 2.45 bits per heavy atom. The molecule has 1 aromatic carbocycles. The minimum atomic E-state index is -4.61. The summed E-state index contributed by atoms with van der Waals surface area (Å²) in [5.74, 6) is 0.254. The number of halogens is 4. The molecule has 1 saturated carbocycles. The largest absolute Gasteiger partial charge is 0.495 e. The Hall–Kier alpha value is -3.01. The maximum Gasteiger partial charge on any atom is 0.417 e. The summed E-state index contributed by atoms with van der Waals surface area (Å²) in [7, 11) is 1.50. The van der Waals surface area contributed by atoms with Gasteiger partial charge in [0.2, 0.25) is 0 Å². The first-order chi connectivity index (χ1) is 15.5. The molecule has 0 aliphatic heterocycles. The van der Waals surface area contributed by atoms with Gasteiger partial charge in [-0.2, -0.15) is 13.2 Å². The van der Waals surface area contributed by atoms with Crippen molar-refractivity contribution in [3.05, 3.63) is 52.4 Å². The lowest BCUT2D eigenvalue weighted by atomic mass is 9.93. The molecule has 1 aromatic rings. The molecule has 1 fully saturated rings. The number of likely N-dealkylation sites (N-methyl/N-ethyl adjacent to an activating group) is 1. The molecule has 3 amide bonds. The van der Waals surface area contributed by atoms with E-state index in [4.69, 9.17) is 16.3 Å². The fourth-order valence-electron chi connectivity index (χ4n) is 3.32. The van der Waals surface area contributed by atoms with Gasteiger partial charge in [0.05, 0.1) is 22.4 Å². The van der Waals surface area contributed by atoms with Crippen LogP contribution in [-0.4, -0.2) is 37.8 Å². The van der Waals surface area contributed by atoms with Gasteiger partial charge in [-0.25, -0.2) is 4.79 Å². The predicted molar refractivity (Wildman–Crippen MR) is 121 cm³/mol. The number of urea groups is 1. The number of carbonyl (C=O) groups is 2. The molecular weight excluding hydrogens is 461 g/mol. The molecule has 0 saturated heterocycles. The van der Waals surface area contributed by atoms with E-state index < -0.39 is 22.8 Å². The van der Waals surface area contributed by atoms with E-state index in [0.717, 1.165) is 12.1 Å². The van der Waals surface area contributed by atoms with E-state index in [1.165, 1.54) is 19.2 Å². The third-order valence-corrected chi connectivity index (χ3v) is 5.33. The summed E-state index contributed by atoms with van der Waals surface area (Å²) in [6.45, 7) is 5.12. The van der Waals surface area contributed by atoms with Gasteiger partial charge in [-0.05, 0) is 69.7 Å². The van der Waals surface area contributed by atoms with E-state index in [0.29, 0.717) is 31.4 Å². The van der Waals surface area contributed by atoms with Crippen LogP contribution in [0, 0.1) is 0 Å². The molecular formula is C22H26ClF3N4O3. The van der Waals surface area contributed by atoms with Crippen LogP contribution < -0.4 is 16.0 Å². The molecule has 0 radical (unpaired) electrons. The maximum absolute atomic E-state index is 13.0. The lowest BCUT2D eigenvalue weighted by Gasteiger charge is -2.29. The molecule has 1 aliphatic rings. The number of amides is 3. The second-order valence-electron chi connectivity index (χ2n) is 7.45. The average Bonchev–Trinajstić information content (AvgIpc) is 2.75. The minimum Gasteiger partial charge on any atom is -0.495 e. The summed E-state index contributed by atoms with van der Waals surface area (Å²) in [4.78, 5) is 27.5. The van der Waals surface area contributed by atoms with Gasteiger partial charge in [0.15, 0.2) is 0 Å². The third kappa shape index (κ3) is 8.12. The van der Waals surface area contributed by atoms with Gasteiger partial charge in [0, 0.05) is 18.8 Å². The lowest BCUT2D eigenvalue weighted by Crippen LogP contribution is -2.41. The third-order valence-electron chi connectivity index (χ3n) is 5.00. The number of benzene rings is 1. The number of allylic oxidation sites excluding steroid dienone is 3. The molecule has 0 aromatic heterocycles. The van der Waals surface area contributed by atoms with Crippen molar-refractivity contribution < 1.29 is 27.5 Å². The zero-order valence-electron chi connectivity index (χ0n) is 18.3. The first kappa shape index (κ1) is 26.2. The summed E-state index contributed by atoms with van der Waals surface area (Å²) in [5.41, 5.74) is -0.841. The van der Waals surface area contributed by atoms with Crippen molar-refractivity contribution in [1.29, 1.82) is 0 Å².